The summed E-state index contributed by atoms with van der Waals surface area (Å²) in [6.07, 6.45) is 6.44. The van der Waals surface area contributed by atoms with Gasteiger partial charge < -0.3 is 9.47 Å². The largest absolute Gasteiger partial charge is 0.468 e. The van der Waals surface area contributed by atoms with Crippen LogP contribution in [-0.2, 0) is 14.3 Å². The maximum absolute atomic E-state index is 12.3. The van der Waals surface area contributed by atoms with Crippen LogP contribution < -0.4 is 5.32 Å². The molecule has 0 aromatic heterocycles. The summed E-state index contributed by atoms with van der Waals surface area (Å²) in [7, 11) is 1.49. The zero-order valence-corrected chi connectivity index (χ0v) is 12.5. The van der Waals surface area contributed by atoms with Crippen molar-refractivity contribution >= 4 is 5.97 Å². The minimum Gasteiger partial charge on any atom is -0.468 e. The second-order valence-corrected chi connectivity index (χ2v) is 6.78. The van der Waals surface area contributed by atoms with Gasteiger partial charge in [-0.1, -0.05) is 20.3 Å². The maximum atomic E-state index is 12.3. The molecule has 2 atom stereocenters. The molecule has 4 nitrogen and oxygen atoms in total. The van der Waals surface area contributed by atoms with E-state index in [4.69, 9.17) is 9.47 Å². The van der Waals surface area contributed by atoms with Gasteiger partial charge in [-0.3, -0.25) is 10.1 Å². The fourth-order valence-corrected chi connectivity index (χ4v) is 3.57. The Morgan fingerprint density at radius 3 is 2.74 bits per heavy atom. The van der Waals surface area contributed by atoms with E-state index in [2.05, 4.69) is 19.2 Å². The van der Waals surface area contributed by atoms with E-state index in [9.17, 15) is 4.79 Å². The second kappa shape index (κ2) is 5.80. The first-order valence-corrected chi connectivity index (χ1v) is 7.43. The van der Waals surface area contributed by atoms with Crippen LogP contribution in [0.25, 0.3) is 0 Å². The molecule has 110 valence electrons. The van der Waals surface area contributed by atoms with E-state index in [1.807, 2.05) is 0 Å². The highest BCUT2D eigenvalue weighted by Crippen LogP contribution is 2.41. The van der Waals surface area contributed by atoms with Crippen LogP contribution in [0.15, 0.2) is 0 Å². The van der Waals surface area contributed by atoms with Crippen molar-refractivity contribution in [1.82, 2.24) is 5.32 Å². The minimum absolute atomic E-state index is 0.113. The molecule has 2 aliphatic rings. The molecule has 0 bridgehead atoms. The SMILES string of the molecule is COC(=O)C1(NCC2CCCO2)CCCC(C)(C)C1. The second-order valence-electron chi connectivity index (χ2n) is 6.78. The molecule has 0 aromatic carbocycles. The Morgan fingerprint density at radius 2 is 2.16 bits per heavy atom. The van der Waals surface area contributed by atoms with Crippen LogP contribution in [-0.4, -0.2) is 37.9 Å². The lowest BCUT2D eigenvalue weighted by molar-refractivity contribution is -0.152. The molecular weight excluding hydrogens is 242 g/mol. The van der Waals surface area contributed by atoms with Crippen molar-refractivity contribution in [2.45, 2.75) is 64.0 Å². The molecular formula is C15H27NO3. The quantitative estimate of drug-likeness (QED) is 0.795. The van der Waals surface area contributed by atoms with Crippen molar-refractivity contribution in [2.24, 2.45) is 5.41 Å². The smallest absolute Gasteiger partial charge is 0.326 e. The van der Waals surface area contributed by atoms with Gasteiger partial charge in [-0.15, -0.1) is 0 Å². The van der Waals surface area contributed by atoms with E-state index >= 15 is 0 Å². The van der Waals surface area contributed by atoms with Crippen LogP contribution in [0.5, 0.6) is 0 Å². The zero-order valence-electron chi connectivity index (χ0n) is 12.5. The number of rotatable bonds is 4. The number of carbonyl (C=O) groups excluding carboxylic acids is 1. The Kier molecular flexibility index (Phi) is 4.51. The van der Waals surface area contributed by atoms with Crippen LogP contribution in [0.2, 0.25) is 0 Å². The van der Waals surface area contributed by atoms with Gasteiger partial charge in [-0.25, -0.2) is 0 Å². The molecule has 4 heteroatoms. The summed E-state index contributed by atoms with van der Waals surface area (Å²) in [4.78, 5) is 12.3. The van der Waals surface area contributed by atoms with Crippen molar-refractivity contribution in [1.29, 1.82) is 0 Å². The van der Waals surface area contributed by atoms with Crippen molar-refractivity contribution in [3.05, 3.63) is 0 Å². The number of carbonyl (C=O) groups is 1. The van der Waals surface area contributed by atoms with Gasteiger partial charge in [-0.05, 0) is 37.5 Å². The highest BCUT2D eigenvalue weighted by atomic mass is 16.5. The topological polar surface area (TPSA) is 47.6 Å². The summed E-state index contributed by atoms with van der Waals surface area (Å²) in [6, 6.07) is 0. The van der Waals surface area contributed by atoms with Crippen LogP contribution in [0.3, 0.4) is 0 Å². The summed E-state index contributed by atoms with van der Waals surface area (Å²) in [5, 5.41) is 3.48. The van der Waals surface area contributed by atoms with Crippen LogP contribution in [0.1, 0.15) is 52.4 Å². The molecule has 0 amide bonds. The van der Waals surface area contributed by atoms with Gasteiger partial charge in [0.05, 0.1) is 13.2 Å². The Labute approximate surface area is 116 Å². The Balaban J connectivity index is 2.03. The first-order chi connectivity index (χ1) is 8.97. The third-order valence-corrected chi connectivity index (χ3v) is 4.51. The Bertz CT molecular complexity index is 323. The number of hydrogen-bond donors (Lipinski definition) is 1. The average Bonchev–Trinajstić information content (AvgIpc) is 2.87. The molecule has 1 aliphatic heterocycles. The summed E-state index contributed by atoms with van der Waals surface area (Å²) in [5.74, 6) is -0.113. The van der Waals surface area contributed by atoms with E-state index in [1.165, 1.54) is 13.5 Å². The highest BCUT2D eigenvalue weighted by molar-refractivity contribution is 5.81. The number of methoxy groups -OCH3 is 1. The van der Waals surface area contributed by atoms with Crippen LogP contribution in [0, 0.1) is 5.41 Å². The van der Waals surface area contributed by atoms with E-state index in [-0.39, 0.29) is 17.5 Å². The molecule has 0 radical (unpaired) electrons. The zero-order chi connectivity index (χ0) is 13.9. The summed E-state index contributed by atoms with van der Waals surface area (Å²) in [6.45, 7) is 6.07. The lowest BCUT2D eigenvalue weighted by Crippen LogP contribution is -2.58. The summed E-state index contributed by atoms with van der Waals surface area (Å²) < 4.78 is 10.7. The standard InChI is InChI=1S/C15H27NO3/c1-14(2)7-5-8-15(11-14,13(17)18-3)16-10-12-6-4-9-19-12/h12,16H,4-11H2,1-3H3. The fraction of sp³-hybridized carbons (Fsp3) is 0.933. The molecule has 0 aromatic rings. The fourth-order valence-electron chi connectivity index (χ4n) is 3.57. The summed E-state index contributed by atoms with van der Waals surface area (Å²) >= 11 is 0. The molecule has 1 saturated carbocycles. The molecule has 1 saturated heterocycles. The van der Waals surface area contributed by atoms with Crippen molar-refractivity contribution in [2.75, 3.05) is 20.3 Å². The first kappa shape index (κ1) is 14.8. The molecule has 0 spiro atoms. The van der Waals surface area contributed by atoms with Gasteiger partial charge in [0, 0.05) is 13.2 Å². The van der Waals surface area contributed by atoms with E-state index in [1.54, 1.807) is 0 Å². The van der Waals surface area contributed by atoms with Gasteiger partial charge in [0.15, 0.2) is 0 Å². The van der Waals surface area contributed by atoms with Crippen molar-refractivity contribution in [3.8, 4) is 0 Å². The number of nitrogens with one attached hydrogen (secondary N) is 1. The molecule has 1 N–H and O–H groups in total. The van der Waals surface area contributed by atoms with Gasteiger partial charge in [0.2, 0.25) is 0 Å². The normalized spacial score (nSPS) is 34.2. The van der Waals surface area contributed by atoms with E-state index in [0.29, 0.717) is 0 Å². The first-order valence-electron chi connectivity index (χ1n) is 7.43. The van der Waals surface area contributed by atoms with Gasteiger partial charge in [-0.2, -0.15) is 0 Å². The van der Waals surface area contributed by atoms with E-state index < -0.39 is 5.54 Å². The lowest BCUT2D eigenvalue weighted by atomic mass is 9.68. The predicted molar refractivity (Wildman–Crippen MR) is 74.0 cm³/mol. The Morgan fingerprint density at radius 1 is 1.37 bits per heavy atom. The molecule has 19 heavy (non-hydrogen) atoms. The maximum Gasteiger partial charge on any atom is 0.326 e. The molecule has 1 heterocycles. The van der Waals surface area contributed by atoms with Gasteiger partial charge in [0.1, 0.15) is 5.54 Å². The van der Waals surface area contributed by atoms with Crippen LogP contribution >= 0.6 is 0 Å². The molecule has 1 aliphatic carbocycles. The molecule has 2 fully saturated rings. The van der Waals surface area contributed by atoms with Gasteiger partial charge in [0.25, 0.3) is 0 Å². The molecule has 2 rings (SSSR count). The number of hydrogen-bond acceptors (Lipinski definition) is 4. The average molecular weight is 269 g/mol. The molecule has 2 unspecified atom stereocenters. The van der Waals surface area contributed by atoms with Crippen molar-refractivity contribution in [3.63, 3.8) is 0 Å². The van der Waals surface area contributed by atoms with Gasteiger partial charge >= 0.3 is 5.97 Å². The summed E-state index contributed by atoms with van der Waals surface area (Å²) in [5.41, 5.74) is -0.321. The minimum atomic E-state index is -0.511. The Hall–Kier alpha value is -0.610. The van der Waals surface area contributed by atoms with E-state index in [0.717, 1.165) is 45.3 Å². The van der Waals surface area contributed by atoms with Crippen molar-refractivity contribution < 1.29 is 14.3 Å². The monoisotopic (exact) mass is 269 g/mol. The van der Waals surface area contributed by atoms with Crippen LogP contribution in [0.4, 0.5) is 0 Å². The third kappa shape index (κ3) is 3.48. The lowest BCUT2D eigenvalue weighted by Gasteiger charge is -2.43. The predicted octanol–water partition coefficient (Wildman–Crippen LogP) is 2.27. The highest BCUT2D eigenvalue weighted by Gasteiger charge is 2.46. The number of ether oxygens (including phenoxy) is 2. The number of esters is 1. The third-order valence-electron chi connectivity index (χ3n) is 4.51.